The lowest BCUT2D eigenvalue weighted by atomic mass is 10.0. The van der Waals surface area contributed by atoms with Gasteiger partial charge in [0.05, 0.1) is 5.56 Å². The Morgan fingerprint density at radius 3 is 2.52 bits per heavy atom. The van der Waals surface area contributed by atoms with Crippen molar-refractivity contribution in [3.63, 3.8) is 0 Å². The number of nitrogens with zero attached hydrogens (tertiary/aromatic N) is 2. The minimum Gasteiger partial charge on any atom is -0.476 e. The Morgan fingerprint density at radius 1 is 1.07 bits per heavy atom. The van der Waals surface area contributed by atoms with Gasteiger partial charge in [0.2, 0.25) is 0 Å². The van der Waals surface area contributed by atoms with E-state index in [1.165, 1.54) is 12.3 Å². The molecule has 0 atom stereocenters. The third-order valence-electron chi connectivity index (χ3n) is 3.80. The minimum absolute atomic E-state index is 0.0969. The lowest BCUT2D eigenvalue weighted by molar-refractivity contribution is -0.137. The number of benzene rings is 1. The van der Waals surface area contributed by atoms with E-state index in [2.05, 4.69) is 15.2 Å². The van der Waals surface area contributed by atoms with Gasteiger partial charge >= 0.3 is 12.1 Å². The Hall–Kier alpha value is -3.23. The molecule has 0 aliphatic heterocycles. The number of rotatable bonds is 5. The highest BCUT2D eigenvalue weighted by atomic mass is 19.4. The van der Waals surface area contributed by atoms with Gasteiger partial charge in [0.15, 0.2) is 5.69 Å². The number of H-pyrrole nitrogens is 1. The van der Waals surface area contributed by atoms with Crippen molar-refractivity contribution in [1.29, 1.82) is 0 Å². The first kappa shape index (κ1) is 18.6. The van der Waals surface area contributed by atoms with Crippen LogP contribution < -0.4 is 0 Å². The number of carbonyl (C=O) groups is 1. The standard InChI is InChI=1S/C18H13F4N3O2/c19-13-5-11(4-12(7-13)18(20,21)22)3-10-1-2-23-14(6-10)8-15-9-16(17(26)27)25-24-15/h1-2,4-7,9H,3,8H2,(H,24,25)(H,26,27). The zero-order chi connectivity index (χ0) is 19.6. The number of alkyl halides is 3. The fourth-order valence-corrected chi connectivity index (χ4v) is 2.64. The van der Waals surface area contributed by atoms with E-state index < -0.39 is 23.5 Å². The van der Waals surface area contributed by atoms with Crippen LogP contribution >= 0.6 is 0 Å². The molecule has 0 fully saturated rings. The molecule has 0 saturated heterocycles. The van der Waals surface area contributed by atoms with Gasteiger partial charge in [-0.15, -0.1) is 0 Å². The number of aromatic carboxylic acids is 1. The average Bonchev–Trinajstić information content (AvgIpc) is 3.02. The Labute approximate surface area is 150 Å². The molecule has 0 saturated carbocycles. The first-order chi connectivity index (χ1) is 12.7. The summed E-state index contributed by atoms with van der Waals surface area (Å²) >= 11 is 0. The quantitative estimate of drug-likeness (QED) is 0.660. The Morgan fingerprint density at radius 2 is 1.85 bits per heavy atom. The summed E-state index contributed by atoms with van der Waals surface area (Å²) in [6, 6.07) is 7.09. The molecule has 1 aromatic carbocycles. The predicted octanol–water partition coefficient (Wildman–Crippen LogP) is 3.84. The number of halogens is 4. The Kier molecular flexibility index (Phi) is 4.93. The maximum absolute atomic E-state index is 13.5. The summed E-state index contributed by atoms with van der Waals surface area (Å²) in [6.07, 6.45) is -2.77. The predicted molar refractivity (Wildman–Crippen MR) is 86.8 cm³/mol. The van der Waals surface area contributed by atoms with Gasteiger partial charge in [-0.25, -0.2) is 9.18 Å². The van der Waals surface area contributed by atoms with Gasteiger partial charge in [-0.3, -0.25) is 10.1 Å². The molecule has 2 N–H and O–H groups in total. The van der Waals surface area contributed by atoms with Gasteiger partial charge in [-0.1, -0.05) is 0 Å². The molecule has 3 aromatic rings. The van der Waals surface area contributed by atoms with E-state index in [0.717, 1.165) is 12.1 Å². The molecule has 9 heteroatoms. The van der Waals surface area contributed by atoms with Gasteiger partial charge in [-0.05, 0) is 53.9 Å². The fraction of sp³-hybridized carbons (Fsp3) is 0.167. The van der Waals surface area contributed by atoms with Crippen molar-refractivity contribution in [3.8, 4) is 0 Å². The van der Waals surface area contributed by atoms with Gasteiger partial charge in [0, 0.05) is 24.0 Å². The number of nitrogens with one attached hydrogen (secondary N) is 1. The third kappa shape index (κ3) is 4.69. The van der Waals surface area contributed by atoms with E-state index in [1.54, 1.807) is 12.1 Å². The average molecular weight is 379 g/mol. The number of carboxylic acid groups (broad SMARTS) is 1. The van der Waals surface area contributed by atoms with Crippen molar-refractivity contribution in [2.45, 2.75) is 19.0 Å². The normalized spacial score (nSPS) is 11.6. The zero-order valence-corrected chi connectivity index (χ0v) is 13.7. The summed E-state index contributed by atoms with van der Waals surface area (Å²) in [5, 5.41) is 15.1. The molecule has 2 heterocycles. The molecule has 0 bridgehead atoms. The maximum Gasteiger partial charge on any atom is 0.416 e. The van der Waals surface area contributed by atoms with Gasteiger partial charge in [-0.2, -0.15) is 18.3 Å². The number of hydrogen-bond donors (Lipinski definition) is 2. The molecule has 3 rings (SSSR count). The number of pyridine rings is 1. The molecule has 0 unspecified atom stereocenters. The largest absolute Gasteiger partial charge is 0.476 e. The summed E-state index contributed by atoms with van der Waals surface area (Å²) in [5.74, 6) is -2.11. The van der Waals surface area contributed by atoms with E-state index in [9.17, 15) is 22.4 Å². The van der Waals surface area contributed by atoms with E-state index in [-0.39, 0.29) is 24.1 Å². The molecule has 140 valence electrons. The van der Waals surface area contributed by atoms with Crippen LogP contribution in [-0.2, 0) is 19.0 Å². The highest BCUT2D eigenvalue weighted by molar-refractivity contribution is 5.85. The van der Waals surface area contributed by atoms with Crippen molar-refractivity contribution in [1.82, 2.24) is 15.2 Å². The zero-order valence-electron chi connectivity index (χ0n) is 13.7. The fourth-order valence-electron chi connectivity index (χ4n) is 2.64. The van der Waals surface area contributed by atoms with Gasteiger partial charge < -0.3 is 5.11 Å². The summed E-state index contributed by atoms with van der Waals surface area (Å²) in [4.78, 5) is 15.0. The molecule has 5 nitrogen and oxygen atoms in total. The molecular formula is C18H13F4N3O2. The van der Waals surface area contributed by atoms with Crippen LogP contribution in [0.5, 0.6) is 0 Å². The highest BCUT2D eigenvalue weighted by Crippen LogP contribution is 2.31. The van der Waals surface area contributed by atoms with Crippen molar-refractivity contribution in [3.05, 3.63) is 82.2 Å². The molecule has 0 amide bonds. The van der Waals surface area contributed by atoms with Crippen LogP contribution in [0.4, 0.5) is 17.6 Å². The van der Waals surface area contributed by atoms with Crippen molar-refractivity contribution in [2.24, 2.45) is 0 Å². The monoisotopic (exact) mass is 379 g/mol. The summed E-state index contributed by atoms with van der Waals surface area (Å²) in [6.45, 7) is 0. The van der Waals surface area contributed by atoms with Crippen LogP contribution in [0.3, 0.4) is 0 Å². The second-order valence-electron chi connectivity index (χ2n) is 5.94. The molecule has 0 spiro atoms. The van der Waals surface area contributed by atoms with Crippen LogP contribution in [-0.4, -0.2) is 26.3 Å². The van der Waals surface area contributed by atoms with Gasteiger partial charge in [0.25, 0.3) is 0 Å². The lowest BCUT2D eigenvalue weighted by Crippen LogP contribution is -2.06. The smallest absolute Gasteiger partial charge is 0.416 e. The molecule has 0 radical (unpaired) electrons. The number of aromatic amines is 1. The van der Waals surface area contributed by atoms with Crippen LogP contribution in [0.15, 0.2) is 42.6 Å². The molecule has 0 aliphatic rings. The van der Waals surface area contributed by atoms with E-state index in [4.69, 9.17) is 5.11 Å². The summed E-state index contributed by atoms with van der Waals surface area (Å²) < 4.78 is 52.0. The number of hydrogen-bond acceptors (Lipinski definition) is 3. The highest BCUT2D eigenvalue weighted by Gasteiger charge is 2.31. The lowest BCUT2D eigenvalue weighted by Gasteiger charge is -2.10. The van der Waals surface area contributed by atoms with E-state index in [1.807, 2.05) is 0 Å². The summed E-state index contributed by atoms with van der Waals surface area (Å²) in [5.41, 5.74) is 0.777. The molecule has 2 aromatic heterocycles. The Bertz CT molecular complexity index is 983. The summed E-state index contributed by atoms with van der Waals surface area (Å²) in [7, 11) is 0. The Balaban J connectivity index is 1.80. The van der Waals surface area contributed by atoms with Crippen molar-refractivity contribution >= 4 is 5.97 Å². The second-order valence-corrected chi connectivity index (χ2v) is 5.94. The van der Waals surface area contributed by atoms with Gasteiger partial charge in [0.1, 0.15) is 5.82 Å². The van der Waals surface area contributed by atoms with Crippen molar-refractivity contribution < 1.29 is 27.5 Å². The van der Waals surface area contributed by atoms with Crippen LogP contribution in [0.25, 0.3) is 0 Å². The van der Waals surface area contributed by atoms with Crippen LogP contribution in [0.1, 0.15) is 38.6 Å². The SMILES string of the molecule is O=C(O)c1cc(Cc2cc(Cc3cc(F)cc(C(F)(F)F)c3)ccn2)[nH]n1. The van der Waals surface area contributed by atoms with E-state index in [0.29, 0.717) is 23.0 Å². The number of aromatic nitrogens is 3. The first-order valence-electron chi connectivity index (χ1n) is 7.79. The van der Waals surface area contributed by atoms with Crippen LogP contribution in [0.2, 0.25) is 0 Å². The number of carboxylic acids is 1. The molecule has 0 aliphatic carbocycles. The maximum atomic E-state index is 13.5. The topological polar surface area (TPSA) is 78.9 Å². The van der Waals surface area contributed by atoms with Crippen molar-refractivity contribution in [2.75, 3.05) is 0 Å². The molecular weight excluding hydrogens is 366 g/mol. The van der Waals surface area contributed by atoms with E-state index >= 15 is 0 Å². The molecule has 27 heavy (non-hydrogen) atoms. The van der Waals surface area contributed by atoms with Crippen LogP contribution in [0, 0.1) is 5.82 Å². The second kappa shape index (κ2) is 7.18. The first-order valence-corrected chi connectivity index (χ1v) is 7.79. The third-order valence-corrected chi connectivity index (χ3v) is 3.80. The minimum atomic E-state index is -4.62.